The van der Waals surface area contributed by atoms with E-state index in [4.69, 9.17) is 4.74 Å². The smallest absolute Gasteiger partial charge is 0.282 e. The summed E-state index contributed by atoms with van der Waals surface area (Å²) >= 11 is 0. The molecule has 0 radical (unpaired) electrons. The summed E-state index contributed by atoms with van der Waals surface area (Å²) in [6.07, 6.45) is -0.720. The predicted octanol–water partition coefficient (Wildman–Crippen LogP) is 3.74. The third-order valence-corrected chi connectivity index (χ3v) is 3.79. The van der Waals surface area contributed by atoms with E-state index in [9.17, 15) is 13.6 Å². The third kappa shape index (κ3) is 3.90. The number of nitrogens with one attached hydrogen (secondary N) is 1. The molecule has 128 valence electrons. The van der Waals surface area contributed by atoms with E-state index >= 15 is 0 Å². The summed E-state index contributed by atoms with van der Waals surface area (Å²) in [6, 6.07) is 8.40. The van der Waals surface area contributed by atoms with Gasteiger partial charge in [0.1, 0.15) is 18.0 Å². The van der Waals surface area contributed by atoms with Crippen LogP contribution in [0.5, 0.6) is 5.75 Å². The van der Waals surface area contributed by atoms with E-state index in [1.807, 2.05) is 6.92 Å². The van der Waals surface area contributed by atoms with Gasteiger partial charge in [-0.3, -0.25) is 9.48 Å². The number of anilines is 1. The van der Waals surface area contributed by atoms with Crippen molar-refractivity contribution in [2.45, 2.75) is 38.7 Å². The molecule has 7 heteroatoms. The van der Waals surface area contributed by atoms with Gasteiger partial charge < -0.3 is 10.1 Å². The van der Waals surface area contributed by atoms with Gasteiger partial charge in [0.2, 0.25) is 5.91 Å². The number of alkyl halides is 2. The van der Waals surface area contributed by atoms with E-state index in [0.717, 1.165) is 18.6 Å². The van der Waals surface area contributed by atoms with Crippen molar-refractivity contribution in [3.63, 3.8) is 0 Å². The van der Waals surface area contributed by atoms with Gasteiger partial charge in [0.25, 0.3) is 6.43 Å². The number of aromatic nitrogens is 2. The number of amides is 1. The molecule has 1 N–H and O–H groups in total. The SMILES string of the molecule is CCOc1ccc(NC(=O)Cn2nc(C(F)F)cc2C2CC2)cc1. The number of hydrogen-bond acceptors (Lipinski definition) is 3. The van der Waals surface area contributed by atoms with Crippen LogP contribution in [-0.2, 0) is 11.3 Å². The topological polar surface area (TPSA) is 56.1 Å². The maximum absolute atomic E-state index is 12.8. The molecule has 0 aliphatic heterocycles. The van der Waals surface area contributed by atoms with Crippen molar-refractivity contribution in [2.75, 3.05) is 11.9 Å². The van der Waals surface area contributed by atoms with Gasteiger partial charge in [-0.05, 0) is 50.1 Å². The molecule has 1 fully saturated rings. The summed E-state index contributed by atoms with van der Waals surface area (Å²) in [6.45, 7) is 2.39. The first-order valence-corrected chi connectivity index (χ1v) is 7.95. The highest BCUT2D eigenvalue weighted by Crippen LogP contribution is 2.41. The molecule has 1 aliphatic carbocycles. The van der Waals surface area contributed by atoms with Crippen molar-refractivity contribution in [1.82, 2.24) is 9.78 Å². The van der Waals surface area contributed by atoms with Crippen LogP contribution in [0.4, 0.5) is 14.5 Å². The van der Waals surface area contributed by atoms with Gasteiger partial charge in [-0.2, -0.15) is 5.10 Å². The van der Waals surface area contributed by atoms with E-state index in [1.165, 1.54) is 10.7 Å². The lowest BCUT2D eigenvalue weighted by molar-refractivity contribution is -0.117. The quantitative estimate of drug-likeness (QED) is 0.839. The van der Waals surface area contributed by atoms with E-state index < -0.39 is 6.43 Å². The highest BCUT2D eigenvalue weighted by Gasteiger charge is 2.30. The molecule has 0 unspecified atom stereocenters. The number of rotatable bonds is 7. The van der Waals surface area contributed by atoms with Gasteiger partial charge in [-0.15, -0.1) is 0 Å². The second-order valence-corrected chi connectivity index (χ2v) is 5.73. The number of nitrogens with zero attached hydrogens (tertiary/aromatic N) is 2. The summed E-state index contributed by atoms with van der Waals surface area (Å²) in [7, 11) is 0. The first-order chi connectivity index (χ1) is 11.6. The lowest BCUT2D eigenvalue weighted by Gasteiger charge is -2.09. The maximum atomic E-state index is 12.8. The zero-order chi connectivity index (χ0) is 17.1. The van der Waals surface area contributed by atoms with Crippen LogP contribution in [0.1, 0.15) is 43.5 Å². The van der Waals surface area contributed by atoms with Crippen molar-refractivity contribution >= 4 is 11.6 Å². The molecule has 24 heavy (non-hydrogen) atoms. The van der Waals surface area contributed by atoms with Gasteiger partial charge in [0.15, 0.2) is 0 Å². The van der Waals surface area contributed by atoms with Crippen LogP contribution in [-0.4, -0.2) is 22.3 Å². The molecule has 0 atom stereocenters. The minimum Gasteiger partial charge on any atom is -0.494 e. The van der Waals surface area contributed by atoms with Crippen molar-refractivity contribution in [3.05, 3.63) is 41.7 Å². The Labute approximate surface area is 138 Å². The molecule has 1 aliphatic rings. The Kier molecular flexibility index (Phi) is 4.78. The average molecular weight is 335 g/mol. The summed E-state index contributed by atoms with van der Waals surface area (Å²) in [5.41, 5.74) is 1.07. The Bertz CT molecular complexity index is 709. The Hall–Kier alpha value is -2.44. The molecule has 5 nitrogen and oxygen atoms in total. The number of carbonyl (C=O) groups excluding carboxylic acids is 1. The minimum absolute atomic E-state index is 0.0776. The molecular formula is C17H19F2N3O2. The normalized spacial score (nSPS) is 14.0. The molecule has 3 rings (SSSR count). The van der Waals surface area contributed by atoms with E-state index in [1.54, 1.807) is 24.3 Å². The average Bonchev–Trinajstić information content (AvgIpc) is 3.30. The fourth-order valence-corrected chi connectivity index (χ4v) is 2.53. The van der Waals surface area contributed by atoms with Gasteiger partial charge in [-0.1, -0.05) is 0 Å². The molecule has 1 aromatic heterocycles. The number of halogens is 2. The fraction of sp³-hybridized carbons (Fsp3) is 0.412. The molecule has 0 saturated heterocycles. The summed E-state index contributed by atoms with van der Waals surface area (Å²) < 4.78 is 32.4. The molecular weight excluding hydrogens is 316 g/mol. The van der Waals surface area contributed by atoms with Crippen LogP contribution in [0.25, 0.3) is 0 Å². The second kappa shape index (κ2) is 6.98. The standard InChI is InChI=1S/C17H19F2N3O2/c1-2-24-13-7-5-12(6-8-13)20-16(23)10-22-15(11-3-4-11)9-14(21-22)17(18)19/h5-9,11,17H,2-4,10H2,1H3,(H,20,23). The molecule has 1 aromatic carbocycles. The van der Waals surface area contributed by atoms with E-state index in [-0.39, 0.29) is 24.1 Å². The summed E-state index contributed by atoms with van der Waals surface area (Å²) in [4.78, 5) is 12.2. The molecule has 1 saturated carbocycles. The van der Waals surface area contributed by atoms with Crippen molar-refractivity contribution in [2.24, 2.45) is 0 Å². The van der Waals surface area contributed by atoms with Crippen LogP contribution < -0.4 is 10.1 Å². The Morgan fingerprint density at radius 3 is 2.67 bits per heavy atom. The maximum Gasteiger partial charge on any atom is 0.282 e. The first-order valence-electron chi connectivity index (χ1n) is 7.95. The fourth-order valence-electron chi connectivity index (χ4n) is 2.53. The van der Waals surface area contributed by atoms with Gasteiger partial charge in [-0.25, -0.2) is 8.78 Å². The molecule has 2 aromatic rings. The van der Waals surface area contributed by atoms with Crippen LogP contribution in [0.3, 0.4) is 0 Å². The number of ether oxygens (including phenoxy) is 1. The Morgan fingerprint density at radius 1 is 1.38 bits per heavy atom. The number of benzene rings is 1. The number of hydrogen-bond donors (Lipinski definition) is 1. The summed E-state index contributed by atoms with van der Waals surface area (Å²) in [5.74, 6) is 0.661. The Morgan fingerprint density at radius 2 is 2.08 bits per heavy atom. The Balaban J connectivity index is 1.66. The van der Waals surface area contributed by atoms with Gasteiger partial charge in [0.05, 0.1) is 6.61 Å². The van der Waals surface area contributed by atoms with Crippen molar-refractivity contribution in [1.29, 1.82) is 0 Å². The van der Waals surface area contributed by atoms with Crippen LogP contribution in [0, 0.1) is 0 Å². The largest absolute Gasteiger partial charge is 0.494 e. The molecule has 1 amide bonds. The highest BCUT2D eigenvalue weighted by molar-refractivity contribution is 5.90. The monoisotopic (exact) mass is 335 g/mol. The van der Waals surface area contributed by atoms with Crippen LogP contribution in [0.2, 0.25) is 0 Å². The summed E-state index contributed by atoms with van der Waals surface area (Å²) in [5, 5.41) is 6.62. The van der Waals surface area contributed by atoms with Gasteiger partial charge >= 0.3 is 0 Å². The van der Waals surface area contributed by atoms with E-state index in [2.05, 4.69) is 10.4 Å². The molecule has 0 spiro atoms. The zero-order valence-corrected chi connectivity index (χ0v) is 13.3. The minimum atomic E-state index is -2.63. The predicted molar refractivity (Wildman–Crippen MR) is 85.4 cm³/mol. The first kappa shape index (κ1) is 16.4. The lowest BCUT2D eigenvalue weighted by atomic mass is 10.2. The lowest BCUT2D eigenvalue weighted by Crippen LogP contribution is -2.20. The molecule has 0 bridgehead atoms. The van der Waals surface area contributed by atoms with Crippen molar-refractivity contribution < 1.29 is 18.3 Å². The number of carbonyl (C=O) groups is 1. The third-order valence-electron chi connectivity index (χ3n) is 3.79. The van der Waals surface area contributed by atoms with Gasteiger partial charge in [0, 0.05) is 17.3 Å². The molecule has 1 heterocycles. The highest BCUT2D eigenvalue weighted by atomic mass is 19.3. The second-order valence-electron chi connectivity index (χ2n) is 5.73. The van der Waals surface area contributed by atoms with E-state index in [0.29, 0.717) is 18.0 Å². The van der Waals surface area contributed by atoms with Crippen LogP contribution >= 0.6 is 0 Å². The van der Waals surface area contributed by atoms with Crippen molar-refractivity contribution in [3.8, 4) is 5.75 Å². The zero-order valence-electron chi connectivity index (χ0n) is 13.3. The van der Waals surface area contributed by atoms with Crippen LogP contribution in [0.15, 0.2) is 30.3 Å².